The fourth-order valence-corrected chi connectivity index (χ4v) is 4.93. The molecule has 1 saturated heterocycles. The van der Waals surface area contributed by atoms with Crippen LogP contribution in [0.25, 0.3) is 0 Å². The van der Waals surface area contributed by atoms with Gasteiger partial charge in [0.2, 0.25) is 0 Å². The molecule has 1 heterocycles. The van der Waals surface area contributed by atoms with Crippen molar-refractivity contribution in [3.05, 3.63) is 29.8 Å². The Labute approximate surface area is 159 Å². The van der Waals surface area contributed by atoms with Gasteiger partial charge in [-0.3, -0.25) is 0 Å². The van der Waals surface area contributed by atoms with E-state index in [2.05, 4.69) is 12.1 Å². The highest BCUT2D eigenvalue weighted by molar-refractivity contribution is 5.31. The van der Waals surface area contributed by atoms with Gasteiger partial charge in [0.05, 0.1) is 31.3 Å². The minimum atomic E-state index is -0.679. The summed E-state index contributed by atoms with van der Waals surface area (Å²) in [7, 11) is 0. The average molecular weight is 361 g/mol. The number of rotatable bonds is 7. The Morgan fingerprint density at radius 3 is 2.23 bits per heavy atom. The molecule has 1 atom stereocenters. The summed E-state index contributed by atoms with van der Waals surface area (Å²) in [5.74, 6) is 1.30. The number of aliphatic hydroxyl groups is 1. The highest BCUT2D eigenvalue weighted by Crippen LogP contribution is 2.41. The highest BCUT2D eigenvalue weighted by atomic mass is 16.5. The minimum Gasteiger partial charge on any atom is -0.491 e. The largest absolute Gasteiger partial charge is 0.491 e. The summed E-state index contributed by atoms with van der Waals surface area (Å²) >= 11 is 0. The van der Waals surface area contributed by atoms with Crippen LogP contribution >= 0.6 is 0 Å². The van der Waals surface area contributed by atoms with E-state index in [9.17, 15) is 5.11 Å². The molecule has 2 fully saturated rings. The molecule has 1 aliphatic heterocycles. The lowest BCUT2D eigenvalue weighted by atomic mass is 9.71. The van der Waals surface area contributed by atoms with E-state index < -0.39 is 5.60 Å². The Bertz CT molecular complexity index is 530. The number of nitrogens with one attached hydrogen (secondary N) is 1. The van der Waals surface area contributed by atoms with Crippen LogP contribution in [0.1, 0.15) is 77.2 Å². The molecular weight excluding hydrogens is 322 g/mol. The molecule has 1 aromatic rings. The van der Waals surface area contributed by atoms with Gasteiger partial charge in [0, 0.05) is 6.42 Å². The van der Waals surface area contributed by atoms with Gasteiger partial charge in [0.1, 0.15) is 5.75 Å². The summed E-state index contributed by atoms with van der Waals surface area (Å²) < 4.78 is 5.80. The molecular formula is C23H38NO2+. The molecule has 146 valence electrons. The molecule has 1 aromatic carbocycles. The van der Waals surface area contributed by atoms with Crippen molar-refractivity contribution in [2.45, 2.75) is 83.3 Å². The third-order valence-corrected chi connectivity index (χ3v) is 6.43. The minimum absolute atomic E-state index is 0.181. The van der Waals surface area contributed by atoms with Gasteiger partial charge >= 0.3 is 0 Å². The monoisotopic (exact) mass is 360 g/mol. The topological polar surface area (TPSA) is 33.9 Å². The van der Waals surface area contributed by atoms with Crippen LogP contribution < -0.4 is 9.64 Å². The van der Waals surface area contributed by atoms with Crippen molar-refractivity contribution < 1.29 is 14.7 Å². The Kier molecular flexibility index (Phi) is 6.99. The molecule has 2 aliphatic rings. The molecule has 3 heteroatoms. The van der Waals surface area contributed by atoms with Crippen LogP contribution in [0.4, 0.5) is 0 Å². The van der Waals surface area contributed by atoms with Crippen LogP contribution in [0.3, 0.4) is 0 Å². The molecule has 0 radical (unpaired) electrons. The van der Waals surface area contributed by atoms with Gasteiger partial charge in [-0.15, -0.1) is 0 Å². The van der Waals surface area contributed by atoms with Crippen molar-refractivity contribution >= 4 is 0 Å². The molecule has 1 unspecified atom stereocenters. The number of likely N-dealkylation sites (tertiary alicyclic amines) is 1. The normalized spacial score (nSPS) is 22.3. The molecule has 2 N–H and O–H groups in total. The summed E-state index contributed by atoms with van der Waals surface area (Å²) in [5, 5.41) is 11.9. The molecule has 0 amide bonds. The van der Waals surface area contributed by atoms with E-state index in [1.54, 1.807) is 4.90 Å². The molecule has 0 aromatic heterocycles. The van der Waals surface area contributed by atoms with E-state index >= 15 is 0 Å². The number of ether oxygens (including phenoxy) is 1. The van der Waals surface area contributed by atoms with Crippen molar-refractivity contribution in [2.24, 2.45) is 5.92 Å². The van der Waals surface area contributed by atoms with Crippen molar-refractivity contribution in [3.8, 4) is 5.75 Å². The zero-order chi connectivity index (χ0) is 18.4. The van der Waals surface area contributed by atoms with Crippen LogP contribution in [0.2, 0.25) is 0 Å². The lowest BCUT2D eigenvalue weighted by molar-refractivity contribution is -0.905. The zero-order valence-electron chi connectivity index (χ0n) is 16.8. The molecule has 3 rings (SSSR count). The van der Waals surface area contributed by atoms with Crippen LogP contribution in [-0.2, 0) is 5.60 Å². The smallest absolute Gasteiger partial charge is 0.119 e. The summed E-state index contributed by atoms with van der Waals surface area (Å²) in [4.78, 5) is 1.69. The summed E-state index contributed by atoms with van der Waals surface area (Å²) in [5.41, 5.74) is 0.415. The van der Waals surface area contributed by atoms with Crippen LogP contribution in [0, 0.1) is 5.92 Å². The average Bonchev–Trinajstić information content (AvgIpc) is 2.68. The molecule has 0 bridgehead atoms. The quantitative estimate of drug-likeness (QED) is 0.777. The molecule has 3 nitrogen and oxygen atoms in total. The fraction of sp³-hybridized carbons (Fsp3) is 0.739. The molecule has 0 spiro atoms. The highest BCUT2D eigenvalue weighted by Gasteiger charge is 2.39. The van der Waals surface area contributed by atoms with Gasteiger partial charge in [-0.25, -0.2) is 0 Å². The van der Waals surface area contributed by atoms with Crippen molar-refractivity contribution in [3.63, 3.8) is 0 Å². The van der Waals surface area contributed by atoms with E-state index in [4.69, 9.17) is 4.74 Å². The second-order valence-corrected chi connectivity index (χ2v) is 8.76. The molecule has 26 heavy (non-hydrogen) atoms. The Morgan fingerprint density at radius 1 is 1.00 bits per heavy atom. The fourth-order valence-electron chi connectivity index (χ4n) is 4.93. The zero-order valence-corrected chi connectivity index (χ0v) is 16.8. The van der Waals surface area contributed by atoms with Gasteiger partial charge < -0.3 is 14.7 Å². The van der Waals surface area contributed by atoms with Crippen LogP contribution in [0.5, 0.6) is 5.75 Å². The van der Waals surface area contributed by atoms with E-state index in [0.717, 1.165) is 37.1 Å². The predicted molar refractivity (Wildman–Crippen MR) is 107 cm³/mol. The maximum Gasteiger partial charge on any atom is 0.119 e. The van der Waals surface area contributed by atoms with Crippen molar-refractivity contribution in [2.75, 3.05) is 19.6 Å². The molecule has 1 aliphatic carbocycles. The standard InChI is InChI=1S/C23H37NO2/c1-19(2)26-22-13-11-21(12-14-22)23(25,20-9-5-3-6-10-20)15-18-24-16-7-4-8-17-24/h11-14,19-20,25H,3-10,15-18H2,1-2H3/p+1. The maximum absolute atomic E-state index is 11.9. The van der Waals surface area contributed by atoms with Gasteiger partial charge in [-0.2, -0.15) is 0 Å². The summed E-state index contributed by atoms with van der Waals surface area (Å²) in [6.45, 7) is 7.75. The first-order chi connectivity index (χ1) is 12.6. The second kappa shape index (κ2) is 9.23. The van der Waals surface area contributed by atoms with Gasteiger partial charge in [-0.05, 0) is 69.6 Å². The second-order valence-electron chi connectivity index (χ2n) is 8.76. The Hall–Kier alpha value is -1.06. The lowest BCUT2D eigenvalue weighted by Crippen LogP contribution is -3.13. The lowest BCUT2D eigenvalue weighted by Gasteiger charge is -2.40. The third kappa shape index (κ3) is 5.01. The first kappa shape index (κ1) is 19.7. The first-order valence-corrected chi connectivity index (χ1v) is 10.9. The summed E-state index contributed by atoms with van der Waals surface area (Å²) in [6, 6.07) is 8.30. The van der Waals surface area contributed by atoms with Gasteiger partial charge in [0.15, 0.2) is 0 Å². The maximum atomic E-state index is 11.9. The van der Waals surface area contributed by atoms with Gasteiger partial charge in [-0.1, -0.05) is 31.4 Å². The Balaban J connectivity index is 1.74. The number of hydrogen-bond donors (Lipinski definition) is 2. The number of piperidine rings is 1. The summed E-state index contributed by atoms with van der Waals surface area (Å²) in [6.07, 6.45) is 11.3. The van der Waals surface area contributed by atoms with Crippen LogP contribution in [-0.4, -0.2) is 30.8 Å². The first-order valence-electron chi connectivity index (χ1n) is 10.9. The van der Waals surface area contributed by atoms with E-state index in [1.165, 1.54) is 51.6 Å². The van der Waals surface area contributed by atoms with Crippen molar-refractivity contribution in [1.82, 2.24) is 0 Å². The third-order valence-electron chi connectivity index (χ3n) is 6.43. The van der Waals surface area contributed by atoms with Gasteiger partial charge in [0.25, 0.3) is 0 Å². The predicted octanol–water partition coefficient (Wildman–Crippen LogP) is 3.70. The number of hydrogen-bond acceptors (Lipinski definition) is 2. The van der Waals surface area contributed by atoms with E-state index in [0.29, 0.717) is 5.92 Å². The number of quaternary nitrogens is 1. The SMILES string of the molecule is CC(C)Oc1ccc(C(O)(CC[NH+]2CCCCC2)C2CCCCC2)cc1. The van der Waals surface area contributed by atoms with E-state index in [-0.39, 0.29) is 6.10 Å². The Morgan fingerprint density at radius 2 is 1.62 bits per heavy atom. The van der Waals surface area contributed by atoms with E-state index in [1.807, 2.05) is 26.0 Å². The van der Waals surface area contributed by atoms with Crippen LogP contribution in [0.15, 0.2) is 24.3 Å². The number of benzene rings is 1. The molecule has 1 saturated carbocycles. The van der Waals surface area contributed by atoms with Crippen molar-refractivity contribution in [1.29, 1.82) is 0 Å².